The Morgan fingerprint density at radius 2 is 1.09 bits per heavy atom. The van der Waals surface area contributed by atoms with Gasteiger partial charge in [-0.3, -0.25) is 0 Å². The molecule has 0 aliphatic carbocycles. The zero-order valence-electron chi connectivity index (χ0n) is 16.9. The molecule has 0 unspecified atom stereocenters. The quantitative estimate of drug-likeness (QED) is 0.204. The van der Waals surface area contributed by atoms with Crippen LogP contribution in [0.15, 0.2) is 22.9 Å². The summed E-state index contributed by atoms with van der Waals surface area (Å²) in [6.45, 7) is 0. The summed E-state index contributed by atoms with van der Waals surface area (Å²) in [6, 6.07) is 4.38. The van der Waals surface area contributed by atoms with Gasteiger partial charge in [0.2, 0.25) is 0 Å². The van der Waals surface area contributed by atoms with E-state index < -0.39 is 20.4 Å². The van der Waals surface area contributed by atoms with Crippen molar-refractivity contribution in [2.45, 2.75) is 0 Å². The summed E-state index contributed by atoms with van der Waals surface area (Å²) in [5.74, 6) is -0.928. The third-order valence-electron chi connectivity index (χ3n) is 5.96. The number of hydrogen-bond donors (Lipinski definition) is 0. The minimum atomic E-state index is -0.589. The van der Waals surface area contributed by atoms with E-state index in [9.17, 15) is 19.2 Å². The molecule has 5 aromatic rings. The SMILES string of the molecule is CN1C(=O)c2csc(-c3cc4[te]c5cc(-c6scc7c6C(=O)N(C)C7=O)sc5c4s3)c2C1=O. The number of fused-ring (bicyclic) bond motifs is 5. The summed E-state index contributed by atoms with van der Waals surface area (Å²) >= 11 is 5.68. The zero-order valence-corrected chi connectivity index (χ0v) is 22.5. The maximum atomic E-state index is 12.6. The summed E-state index contributed by atoms with van der Waals surface area (Å²) in [5, 5.41) is 3.58. The van der Waals surface area contributed by atoms with Crippen molar-refractivity contribution in [3.05, 3.63) is 45.1 Å². The van der Waals surface area contributed by atoms with Crippen molar-refractivity contribution in [3.8, 4) is 19.5 Å². The molecule has 33 heavy (non-hydrogen) atoms. The van der Waals surface area contributed by atoms with Crippen molar-refractivity contribution in [1.29, 1.82) is 0 Å². The Balaban J connectivity index is 1.35. The van der Waals surface area contributed by atoms with Gasteiger partial charge < -0.3 is 0 Å². The average molecular weight is 622 g/mol. The molecule has 0 saturated heterocycles. The predicted octanol–water partition coefficient (Wildman–Crippen LogP) is 5.08. The van der Waals surface area contributed by atoms with Crippen molar-refractivity contribution in [1.82, 2.24) is 9.80 Å². The molecule has 5 aromatic heterocycles. The molecule has 0 spiro atoms. The summed E-state index contributed by atoms with van der Waals surface area (Å²) in [7, 11) is 3.05. The predicted molar refractivity (Wildman–Crippen MR) is 134 cm³/mol. The number of hydrogen-bond acceptors (Lipinski definition) is 8. The third kappa shape index (κ3) is 2.52. The van der Waals surface area contributed by atoms with E-state index in [-0.39, 0.29) is 23.6 Å². The Labute approximate surface area is 211 Å². The monoisotopic (exact) mass is 624 g/mol. The van der Waals surface area contributed by atoms with Gasteiger partial charge in [-0.25, -0.2) is 0 Å². The topological polar surface area (TPSA) is 74.8 Å². The Morgan fingerprint density at radius 3 is 1.52 bits per heavy atom. The third-order valence-corrected chi connectivity index (χ3v) is 14.6. The fourth-order valence-corrected chi connectivity index (χ4v) is 13.8. The van der Waals surface area contributed by atoms with Gasteiger partial charge in [0.15, 0.2) is 0 Å². The second-order valence-electron chi connectivity index (χ2n) is 7.76. The van der Waals surface area contributed by atoms with Gasteiger partial charge in [0.05, 0.1) is 0 Å². The number of carbonyl (C=O) groups is 4. The number of thiophene rings is 4. The van der Waals surface area contributed by atoms with Crippen LogP contribution in [0.25, 0.3) is 35.7 Å². The number of nitrogens with zero attached hydrogens (tertiary/aromatic N) is 2. The minimum absolute atomic E-state index is 0.230. The molecule has 0 bridgehead atoms. The molecule has 0 atom stereocenters. The van der Waals surface area contributed by atoms with Crippen LogP contribution in [-0.2, 0) is 0 Å². The van der Waals surface area contributed by atoms with Crippen molar-refractivity contribution < 1.29 is 19.2 Å². The van der Waals surface area contributed by atoms with Gasteiger partial charge in [-0.05, 0) is 0 Å². The first-order chi connectivity index (χ1) is 15.8. The molecular formula is C22H10N2O4S4Te. The number of amides is 4. The van der Waals surface area contributed by atoms with Crippen LogP contribution >= 0.6 is 45.3 Å². The molecule has 0 radical (unpaired) electrons. The van der Waals surface area contributed by atoms with Crippen molar-refractivity contribution in [3.63, 3.8) is 0 Å². The molecule has 2 aliphatic heterocycles. The van der Waals surface area contributed by atoms with Crippen LogP contribution in [0.1, 0.15) is 41.4 Å². The van der Waals surface area contributed by atoms with Gasteiger partial charge in [0.25, 0.3) is 0 Å². The normalized spacial score (nSPS) is 15.7. The van der Waals surface area contributed by atoms with Gasteiger partial charge in [-0.1, -0.05) is 0 Å². The summed E-state index contributed by atoms with van der Waals surface area (Å²) in [5.41, 5.74) is 2.06. The van der Waals surface area contributed by atoms with Crippen LogP contribution in [-0.4, -0.2) is 68.0 Å². The van der Waals surface area contributed by atoms with Gasteiger partial charge in [0, 0.05) is 0 Å². The van der Waals surface area contributed by atoms with Crippen molar-refractivity contribution >= 4 is 106 Å². The number of rotatable bonds is 2. The van der Waals surface area contributed by atoms with Gasteiger partial charge >= 0.3 is 213 Å². The van der Waals surface area contributed by atoms with E-state index in [4.69, 9.17) is 0 Å². The van der Waals surface area contributed by atoms with E-state index in [0.29, 0.717) is 22.3 Å². The molecule has 11 heteroatoms. The van der Waals surface area contributed by atoms with E-state index in [2.05, 4.69) is 12.1 Å². The summed E-state index contributed by atoms with van der Waals surface area (Å²) in [4.78, 5) is 56.0. The molecule has 0 N–H and O–H groups in total. The van der Waals surface area contributed by atoms with E-state index in [1.54, 1.807) is 33.4 Å². The first kappa shape index (κ1) is 20.3. The van der Waals surface area contributed by atoms with Crippen LogP contribution in [0.5, 0.6) is 0 Å². The van der Waals surface area contributed by atoms with Crippen molar-refractivity contribution in [2.24, 2.45) is 0 Å². The molecule has 0 fully saturated rings. The fraction of sp³-hybridized carbons (Fsp3) is 0.0909. The van der Waals surface area contributed by atoms with Gasteiger partial charge in [-0.2, -0.15) is 0 Å². The van der Waals surface area contributed by atoms with Crippen LogP contribution in [0.4, 0.5) is 0 Å². The molecule has 0 aromatic carbocycles. The van der Waals surface area contributed by atoms with Gasteiger partial charge in [-0.15, -0.1) is 0 Å². The molecule has 7 heterocycles. The first-order valence-corrected chi connectivity index (χ1v) is 15.4. The average Bonchev–Trinajstić information content (AvgIpc) is 3.61. The van der Waals surface area contributed by atoms with Crippen LogP contribution < -0.4 is 0 Å². The first-order valence-electron chi connectivity index (χ1n) is 9.69. The Hall–Kier alpha value is -2.13. The van der Waals surface area contributed by atoms with E-state index in [0.717, 1.165) is 19.5 Å². The van der Waals surface area contributed by atoms with Crippen LogP contribution in [0.2, 0.25) is 0 Å². The molecule has 2 aliphatic rings. The van der Waals surface area contributed by atoms with Crippen LogP contribution in [0, 0.1) is 0 Å². The maximum absolute atomic E-state index is 12.6. The molecular weight excluding hydrogens is 612 g/mol. The molecule has 0 saturated carbocycles. The Morgan fingerprint density at radius 1 is 0.667 bits per heavy atom. The Kier molecular flexibility index (Phi) is 4.13. The van der Waals surface area contributed by atoms with E-state index in [1.807, 2.05) is 0 Å². The zero-order chi connectivity index (χ0) is 22.8. The standard InChI is InChI=1S/C22H10N2O4S4Te/c1-23-19(25)7-5-29-15(13(7)21(23)27)9-3-11-17(31-9)18-12(33-11)4-10(32-18)16-14-8(6-30-16)20(26)24(2)22(14)28/h3-6H,1-2H3. The Bertz CT molecular complexity index is 1620. The van der Waals surface area contributed by atoms with E-state index >= 15 is 0 Å². The molecule has 162 valence electrons. The fourth-order valence-electron chi connectivity index (χ4n) is 4.26. The van der Waals surface area contributed by atoms with Crippen LogP contribution in [0.3, 0.4) is 0 Å². The molecule has 7 rings (SSSR count). The second-order valence-corrected chi connectivity index (χ2v) is 14.7. The molecule has 4 amide bonds. The second kappa shape index (κ2) is 6.72. The summed E-state index contributed by atoms with van der Waals surface area (Å²) in [6.07, 6.45) is 0. The number of imide groups is 2. The van der Waals surface area contributed by atoms with E-state index in [1.165, 1.54) is 62.8 Å². The van der Waals surface area contributed by atoms with Gasteiger partial charge in [0.1, 0.15) is 0 Å². The molecule has 6 nitrogen and oxygen atoms in total. The summed E-state index contributed by atoms with van der Waals surface area (Å²) < 4.78 is 5.17. The number of carbonyl (C=O) groups excluding carboxylic acids is 4. The van der Waals surface area contributed by atoms with Crippen molar-refractivity contribution in [2.75, 3.05) is 14.1 Å².